The zero-order chi connectivity index (χ0) is 19.0. The highest BCUT2D eigenvalue weighted by Gasteiger charge is 2.20. The second kappa shape index (κ2) is 6.71. The lowest BCUT2D eigenvalue weighted by molar-refractivity contribution is 0.0942. The van der Waals surface area contributed by atoms with Gasteiger partial charge in [0, 0.05) is 31.2 Å². The smallest absolute Gasteiger partial charge is 0.272 e. The van der Waals surface area contributed by atoms with Crippen LogP contribution in [-0.2, 0) is 20.0 Å². The Morgan fingerprint density at radius 2 is 2.15 bits per heavy atom. The van der Waals surface area contributed by atoms with Gasteiger partial charge in [-0.3, -0.25) is 9.59 Å². The zero-order valence-corrected chi connectivity index (χ0v) is 14.9. The quantitative estimate of drug-likeness (QED) is 0.754. The van der Waals surface area contributed by atoms with Crippen molar-refractivity contribution in [2.45, 2.75) is 26.0 Å². The van der Waals surface area contributed by atoms with Crippen molar-refractivity contribution < 1.29 is 14.1 Å². The van der Waals surface area contributed by atoms with Crippen molar-refractivity contribution in [3.63, 3.8) is 0 Å². The minimum Gasteiger partial charge on any atom is -0.490 e. The Morgan fingerprint density at radius 3 is 2.96 bits per heavy atom. The maximum Gasteiger partial charge on any atom is 0.272 e. The molecule has 1 aromatic carbocycles. The molecule has 0 bridgehead atoms. The standard InChI is InChI=1S/C19H18N4O4/c1-11-7-12-3-4-13(8-16(12)26-11)17-9-14(22-27-17)10-20-19(25)15-5-6-18(24)23(2)21-15/h3-6,8-9,11H,7,10H2,1-2H3,(H,20,25)/t11-/m0/s1. The lowest BCUT2D eigenvalue weighted by atomic mass is 10.1. The van der Waals surface area contributed by atoms with E-state index < -0.39 is 5.91 Å². The van der Waals surface area contributed by atoms with Gasteiger partial charge in [-0.05, 0) is 24.6 Å². The van der Waals surface area contributed by atoms with E-state index in [9.17, 15) is 9.59 Å². The first-order valence-corrected chi connectivity index (χ1v) is 8.58. The number of benzene rings is 1. The van der Waals surface area contributed by atoms with Gasteiger partial charge in [0.25, 0.3) is 11.5 Å². The van der Waals surface area contributed by atoms with E-state index in [2.05, 4.69) is 15.6 Å². The summed E-state index contributed by atoms with van der Waals surface area (Å²) in [6, 6.07) is 10.4. The molecule has 0 saturated carbocycles. The summed E-state index contributed by atoms with van der Waals surface area (Å²) in [6.45, 7) is 2.22. The van der Waals surface area contributed by atoms with Gasteiger partial charge in [0.1, 0.15) is 23.2 Å². The number of fused-ring (bicyclic) bond motifs is 1. The van der Waals surface area contributed by atoms with Crippen LogP contribution in [0.5, 0.6) is 5.75 Å². The van der Waals surface area contributed by atoms with Crippen LogP contribution in [0.25, 0.3) is 11.3 Å². The van der Waals surface area contributed by atoms with Crippen LogP contribution in [0.2, 0.25) is 0 Å². The summed E-state index contributed by atoms with van der Waals surface area (Å²) in [7, 11) is 1.49. The Hall–Kier alpha value is -3.42. The van der Waals surface area contributed by atoms with Gasteiger partial charge >= 0.3 is 0 Å². The Labute approximate surface area is 154 Å². The van der Waals surface area contributed by atoms with Crippen LogP contribution < -0.4 is 15.6 Å². The van der Waals surface area contributed by atoms with Gasteiger partial charge < -0.3 is 14.6 Å². The molecule has 1 aliphatic heterocycles. The summed E-state index contributed by atoms with van der Waals surface area (Å²) in [5.74, 6) is 1.08. The number of amides is 1. The summed E-state index contributed by atoms with van der Waals surface area (Å²) in [6.07, 6.45) is 1.09. The highest BCUT2D eigenvalue weighted by atomic mass is 16.5. The minimum absolute atomic E-state index is 0.158. The average molecular weight is 366 g/mol. The highest BCUT2D eigenvalue weighted by molar-refractivity contribution is 5.91. The van der Waals surface area contributed by atoms with Gasteiger partial charge in [-0.15, -0.1) is 0 Å². The van der Waals surface area contributed by atoms with Crippen LogP contribution in [0, 0.1) is 0 Å². The van der Waals surface area contributed by atoms with Crippen LogP contribution in [0.3, 0.4) is 0 Å². The first kappa shape index (κ1) is 17.0. The molecule has 3 aromatic rings. The fourth-order valence-electron chi connectivity index (χ4n) is 2.97. The fourth-order valence-corrected chi connectivity index (χ4v) is 2.97. The summed E-state index contributed by atoms with van der Waals surface area (Å²) in [5, 5.41) is 10.6. The molecule has 27 heavy (non-hydrogen) atoms. The summed E-state index contributed by atoms with van der Waals surface area (Å²) in [4.78, 5) is 23.5. The number of carbonyl (C=O) groups excluding carboxylic acids is 1. The molecule has 4 rings (SSSR count). The van der Waals surface area contributed by atoms with E-state index in [-0.39, 0.29) is 23.9 Å². The molecule has 3 heterocycles. The Kier molecular flexibility index (Phi) is 4.23. The molecule has 2 aromatic heterocycles. The minimum atomic E-state index is -0.393. The summed E-state index contributed by atoms with van der Waals surface area (Å²) < 4.78 is 12.3. The monoisotopic (exact) mass is 366 g/mol. The van der Waals surface area contributed by atoms with E-state index in [0.29, 0.717) is 11.5 Å². The SMILES string of the molecule is C[C@H]1Cc2ccc(-c3cc(CNC(=O)c4ccc(=O)n(C)n4)no3)cc2O1. The van der Waals surface area contributed by atoms with Crippen molar-refractivity contribution in [1.82, 2.24) is 20.3 Å². The lowest BCUT2D eigenvalue weighted by Gasteiger charge is -2.03. The summed E-state index contributed by atoms with van der Waals surface area (Å²) in [5.41, 5.74) is 2.51. The lowest BCUT2D eigenvalue weighted by Crippen LogP contribution is -2.28. The highest BCUT2D eigenvalue weighted by Crippen LogP contribution is 2.33. The second-order valence-corrected chi connectivity index (χ2v) is 6.50. The third-order valence-corrected chi connectivity index (χ3v) is 4.37. The molecule has 0 unspecified atom stereocenters. The number of rotatable bonds is 4. The molecule has 0 aliphatic carbocycles. The maximum absolute atomic E-state index is 12.2. The number of hydrogen-bond donors (Lipinski definition) is 1. The molecule has 1 aliphatic rings. The van der Waals surface area contributed by atoms with Crippen molar-refractivity contribution >= 4 is 5.91 Å². The zero-order valence-electron chi connectivity index (χ0n) is 14.9. The maximum atomic E-state index is 12.2. The second-order valence-electron chi connectivity index (χ2n) is 6.50. The third-order valence-electron chi connectivity index (χ3n) is 4.37. The number of aryl methyl sites for hydroxylation is 1. The van der Waals surface area contributed by atoms with Gasteiger partial charge in [-0.2, -0.15) is 5.10 Å². The Morgan fingerprint density at radius 1 is 1.30 bits per heavy atom. The van der Waals surface area contributed by atoms with Gasteiger partial charge in [0.15, 0.2) is 5.76 Å². The van der Waals surface area contributed by atoms with E-state index >= 15 is 0 Å². The topological polar surface area (TPSA) is 99.2 Å². The molecular weight excluding hydrogens is 348 g/mol. The number of carbonyl (C=O) groups is 1. The van der Waals surface area contributed by atoms with Crippen molar-refractivity contribution in [2.75, 3.05) is 0 Å². The van der Waals surface area contributed by atoms with E-state index in [0.717, 1.165) is 22.4 Å². The number of hydrogen-bond acceptors (Lipinski definition) is 6. The molecule has 0 fully saturated rings. The Bertz CT molecular complexity index is 1070. The van der Waals surface area contributed by atoms with E-state index in [1.165, 1.54) is 24.7 Å². The van der Waals surface area contributed by atoms with Crippen molar-refractivity contribution in [3.05, 3.63) is 63.7 Å². The molecule has 1 N–H and O–H groups in total. The van der Waals surface area contributed by atoms with Crippen molar-refractivity contribution in [1.29, 1.82) is 0 Å². The number of nitrogens with one attached hydrogen (secondary N) is 1. The fraction of sp³-hybridized carbons (Fsp3) is 0.263. The van der Waals surface area contributed by atoms with Crippen LogP contribution in [-0.4, -0.2) is 26.9 Å². The molecular formula is C19H18N4O4. The number of nitrogens with zero attached hydrogens (tertiary/aromatic N) is 3. The van der Waals surface area contributed by atoms with E-state index in [1.807, 2.05) is 25.1 Å². The van der Waals surface area contributed by atoms with Crippen molar-refractivity contribution in [3.8, 4) is 17.1 Å². The number of ether oxygens (including phenoxy) is 1. The molecule has 0 radical (unpaired) electrons. The van der Waals surface area contributed by atoms with E-state index in [1.54, 1.807) is 6.07 Å². The molecule has 1 amide bonds. The van der Waals surface area contributed by atoms with Gasteiger partial charge in [-0.25, -0.2) is 4.68 Å². The van der Waals surface area contributed by atoms with Crippen LogP contribution in [0.1, 0.15) is 28.7 Å². The molecule has 0 saturated heterocycles. The van der Waals surface area contributed by atoms with Crippen molar-refractivity contribution in [2.24, 2.45) is 7.05 Å². The molecule has 1 atom stereocenters. The van der Waals surface area contributed by atoms with Crippen LogP contribution in [0.4, 0.5) is 0 Å². The largest absolute Gasteiger partial charge is 0.490 e. The average Bonchev–Trinajstić information content (AvgIpc) is 3.26. The summed E-state index contributed by atoms with van der Waals surface area (Å²) >= 11 is 0. The predicted molar refractivity (Wildman–Crippen MR) is 96.4 cm³/mol. The molecule has 138 valence electrons. The normalized spacial score (nSPS) is 15.3. The molecule has 8 heteroatoms. The van der Waals surface area contributed by atoms with Gasteiger partial charge in [0.05, 0.1) is 6.54 Å². The van der Waals surface area contributed by atoms with Gasteiger partial charge in [-0.1, -0.05) is 17.3 Å². The Balaban J connectivity index is 1.44. The first-order valence-electron chi connectivity index (χ1n) is 8.58. The predicted octanol–water partition coefficient (Wildman–Crippen LogP) is 1.69. The third kappa shape index (κ3) is 3.46. The molecule has 0 spiro atoms. The van der Waals surface area contributed by atoms with Gasteiger partial charge in [0.2, 0.25) is 0 Å². The number of aromatic nitrogens is 3. The van der Waals surface area contributed by atoms with E-state index in [4.69, 9.17) is 9.26 Å². The van der Waals surface area contributed by atoms with Crippen LogP contribution >= 0.6 is 0 Å². The van der Waals surface area contributed by atoms with Crippen LogP contribution in [0.15, 0.2) is 45.7 Å². The first-order chi connectivity index (χ1) is 13.0. The molecule has 8 nitrogen and oxygen atoms in total.